The van der Waals surface area contributed by atoms with Gasteiger partial charge in [-0.05, 0) is 79.0 Å². The summed E-state index contributed by atoms with van der Waals surface area (Å²) in [5.41, 5.74) is 2.05. The second-order valence-electron chi connectivity index (χ2n) is 6.95. The van der Waals surface area contributed by atoms with Crippen LogP contribution in [0.25, 0.3) is 6.08 Å². The number of amides is 2. The van der Waals surface area contributed by atoms with Crippen LogP contribution >= 0.6 is 43.6 Å². The summed E-state index contributed by atoms with van der Waals surface area (Å²) in [7, 11) is 0. The van der Waals surface area contributed by atoms with Crippen molar-refractivity contribution in [2.45, 2.75) is 13.2 Å². The molecule has 4 rings (SSSR count). The molecule has 8 heteroatoms. The molecule has 1 saturated heterocycles. The van der Waals surface area contributed by atoms with Gasteiger partial charge in [-0.15, -0.1) is 0 Å². The van der Waals surface area contributed by atoms with Crippen LogP contribution in [0.3, 0.4) is 0 Å². The van der Waals surface area contributed by atoms with Gasteiger partial charge in [0.25, 0.3) is 11.1 Å². The Morgan fingerprint density at radius 2 is 1.62 bits per heavy atom. The molecule has 2 amide bonds. The predicted octanol–water partition coefficient (Wildman–Crippen LogP) is 7.17. The first-order valence-electron chi connectivity index (χ1n) is 9.57. The van der Waals surface area contributed by atoms with Crippen molar-refractivity contribution in [1.82, 2.24) is 4.90 Å². The number of imide groups is 1. The van der Waals surface area contributed by atoms with Crippen molar-refractivity contribution in [2.24, 2.45) is 0 Å². The minimum absolute atomic E-state index is 0.0710. The van der Waals surface area contributed by atoms with Crippen molar-refractivity contribution in [3.8, 4) is 5.75 Å². The molecule has 0 bridgehead atoms. The van der Waals surface area contributed by atoms with Crippen LogP contribution in [-0.4, -0.2) is 16.0 Å². The molecule has 0 spiro atoms. The van der Waals surface area contributed by atoms with E-state index in [-0.39, 0.29) is 30.1 Å². The maximum absolute atomic E-state index is 13.8. The van der Waals surface area contributed by atoms with Crippen LogP contribution in [0.1, 0.15) is 16.7 Å². The van der Waals surface area contributed by atoms with E-state index in [1.807, 2.05) is 30.3 Å². The molecule has 32 heavy (non-hydrogen) atoms. The van der Waals surface area contributed by atoms with Gasteiger partial charge in [0.05, 0.1) is 20.4 Å². The number of hydrogen-bond acceptors (Lipinski definition) is 4. The smallest absolute Gasteiger partial charge is 0.293 e. The summed E-state index contributed by atoms with van der Waals surface area (Å²) in [5.74, 6) is -0.138. The number of nitrogens with zero attached hydrogens (tertiary/aromatic N) is 1. The summed E-state index contributed by atoms with van der Waals surface area (Å²) in [6.07, 6.45) is 1.67. The number of hydrogen-bond donors (Lipinski definition) is 0. The van der Waals surface area contributed by atoms with Gasteiger partial charge >= 0.3 is 0 Å². The third-order valence-electron chi connectivity index (χ3n) is 4.71. The Morgan fingerprint density at radius 3 is 2.31 bits per heavy atom. The number of rotatable bonds is 6. The Balaban J connectivity index is 1.51. The highest BCUT2D eigenvalue weighted by Crippen LogP contribution is 2.38. The topological polar surface area (TPSA) is 46.6 Å². The number of ether oxygens (including phenoxy) is 1. The van der Waals surface area contributed by atoms with Crippen LogP contribution in [0.15, 0.2) is 80.6 Å². The van der Waals surface area contributed by atoms with E-state index in [4.69, 9.17) is 4.74 Å². The Hall–Kier alpha value is -2.42. The van der Waals surface area contributed by atoms with E-state index < -0.39 is 0 Å². The molecule has 1 heterocycles. The quantitative estimate of drug-likeness (QED) is 0.292. The van der Waals surface area contributed by atoms with Crippen molar-refractivity contribution >= 4 is 60.8 Å². The maximum atomic E-state index is 13.8. The fraction of sp³-hybridized carbons (Fsp3) is 0.0833. The summed E-state index contributed by atoms with van der Waals surface area (Å²) < 4.78 is 20.9. The number of thioether (sulfide) groups is 1. The molecule has 4 nitrogen and oxygen atoms in total. The van der Waals surface area contributed by atoms with Crippen molar-refractivity contribution in [3.05, 3.63) is 103 Å². The van der Waals surface area contributed by atoms with Crippen LogP contribution < -0.4 is 4.74 Å². The summed E-state index contributed by atoms with van der Waals surface area (Å²) in [6.45, 7) is 0.306. The van der Waals surface area contributed by atoms with Gasteiger partial charge in [-0.1, -0.05) is 48.5 Å². The minimum atomic E-state index is -0.331. The fourth-order valence-electron chi connectivity index (χ4n) is 3.12. The lowest BCUT2D eigenvalue weighted by atomic mass is 10.2. The van der Waals surface area contributed by atoms with E-state index in [1.54, 1.807) is 36.4 Å². The standard InChI is InChI=1S/C24H16Br2FNO3S/c25-18-10-16(11-19(26)22(18)31-14-17-8-4-5-9-20(17)27)12-21-23(29)28(24(30)32-21)13-15-6-2-1-3-7-15/h1-12H,13-14H2/b21-12-. The Bertz CT molecular complexity index is 1190. The number of carbonyl (C=O) groups is 2. The average molecular weight is 577 g/mol. The molecular formula is C24H16Br2FNO3S. The number of benzene rings is 3. The molecular weight excluding hydrogens is 561 g/mol. The summed E-state index contributed by atoms with van der Waals surface area (Å²) in [5, 5.41) is -0.298. The van der Waals surface area contributed by atoms with E-state index in [1.165, 1.54) is 11.0 Å². The van der Waals surface area contributed by atoms with Gasteiger partial charge in [-0.2, -0.15) is 0 Å². The molecule has 0 aromatic heterocycles. The van der Waals surface area contributed by atoms with Crippen molar-refractivity contribution in [3.63, 3.8) is 0 Å². The average Bonchev–Trinajstić information content (AvgIpc) is 3.02. The monoisotopic (exact) mass is 575 g/mol. The van der Waals surface area contributed by atoms with Crippen LogP contribution in [0.4, 0.5) is 9.18 Å². The van der Waals surface area contributed by atoms with Crippen molar-refractivity contribution < 1.29 is 18.7 Å². The first-order valence-corrected chi connectivity index (χ1v) is 12.0. The molecule has 162 valence electrons. The van der Waals surface area contributed by atoms with Gasteiger partial charge in [-0.3, -0.25) is 14.5 Å². The molecule has 1 aliphatic rings. The molecule has 1 aliphatic heterocycles. The van der Waals surface area contributed by atoms with E-state index in [0.29, 0.717) is 30.7 Å². The van der Waals surface area contributed by atoms with Crippen molar-refractivity contribution in [2.75, 3.05) is 0 Å². The molecule has 0 radical (unpaired) electrons. The molecule has 1 fully saturated rings. The molecule has 3 aromatic rings. The van der Waals surface area contributed by atoms with E-state index in [0.717, 1.165) is 17.3 Å². The lowest BCUT2D eigenvalue weighted by Gasteiger charge is -2.13. The van der Waals surface area contributed by atoms with Gasteiger partial charge < -0.3 is 4.74 Å². The zero-order valence-electron chi connectivity index (χ0n) is 16.6. The Morgan fingerprint density at radius 1 is 0.969 bits per heavy atom. The zero-order chi connectivity index (χ0) is 22.7. The SMILES string of the molecule is O=C1S/C(=C\c2cc(Br)c(OCc3ccccc3F)c(Br)c2)C(=O)N1Cc1ccccc1. The van der Waals surface area contributed by atoms with Crippen molar-refractivity contribution in [1.29, 1.82) is 0 Å². The predicted molar refractivity (Wildman–Crippen MR) is 131 cm³/mol. The number of carbonyl (C=O) groups excluding carboxylic acids is 2. The first kappa shape index (κ1) is 22.8. The Kier molecular flexibility index (Phi) is 7.13. The normalized spacial score (nSPS) is 15.0. The van der Waals surface area contributed by atoms with E-state index in [2.05, 4.69) is 31.9 Å². The van der Waals surface area contributed by atoms with Crippen LogP contribution in [-0.2, 0) is 17.9 Å². The lowest BCUT2D eigenvalue weighted by molar-refractivity contribution is -0.123. The van der Waals surface area contributed by atoms with Crippen LogP contribution in [0, 0.1) is 5.82 Å². The molecule has 0 N–H and O–H groups in total. The summed E-state index contributed by atoms with van der Waals surface area (Å²) in [6, 6.07) is 19.4. The third kappa shape index (κ3) is 5.14. The zero-order valence-corrected chi connectivity index (χ0v) is 20.5. The number of halogens is 3. The molecule has 0 atom stereocenters. The summed E-state index contributed by atoms with van der Waals surface area (Å²) in [4.78, 5) is 26.8. The highest BCUT2D eigenvalue weighted by Gasteiger charge is 2.35. The second-order valence-corrected chi connectivity index (χ2v) is 9.65. The van der Waals surface area contributed by atoms with Gasteiger partial charge in [0.15, 0.2) is 0 Å². The first-order chi connectivity index (χ1) is 15.4. The van der Waals surface area contributed by atoms with Crippen LogP contribution in [0.2, 0.25) is 0 Å². The van der Waals surface area contributed by atoms with Gasteiger partial charge in [-0.25, -0.2) is 4.39 Å². The Labute approximate surface area is 205 Å². The molecule has 3 aromatic carbocycles. The van der Waals surface area contributed by atoms with Gasteiger partial charge in [0.2, 0.25) is 0 Å². The second kappa shape index (κ2) is 10.0. The lowest BCUT2D eigenvalue weighted by Crippen LogP contribution is -2.27. The minimum Gasteiger partial charge on any atom is -0.486 e. The largest absolute Gasteiger partial charge is 0.486 e. The van der Waals surface area contributed by atoms with E-state index in [9.17, 15) is 14.0 Å². The van der Waals surface area contributed by atoms with Crippen LogP contribution in [0.5, 0.6) is 5.75 Å². The highest BCUT2D eigenvalue weighted by molar-refractivity contribution is 9.11. The van der Waals surface area contributed by atoms with Gasteiger partial charge in [0.1, 0.15) is 18.2 Å². The van der Waals surface area contributed by atoms with Gasteiger partial charge in [0, 0.05) is 5.56 Å². The summed E-state index contributed by atoms with van der Waals surface area (Å²) >= 11 is 7.87. The molecule has 0 unspecified atom stereocenters. The third-order valence-corrected chi connectivity index (χ3v) is 6.79. The molecule has 0 saturated carbocycles. The molecule has 0 aliphatic carbocycles. The van der Waals surface area contributed by atoms with E-state index >= 15 is 0 Å². The highest BCUT2D eigenvalue weighted by atomic mass is 79.9. The maximum Gasteiger partial charge on any atom is 0.293 e. The fourth-order valence-corrected chi connectivity index (χ4v) is 5.41.